The van der Waals surface area contributed by atoms with Gasteiger partial charge >= 0.3 is 12.2 Å². The van der Waals surface area contributed by atoms with Gasteiger partial charge in [0.05, 0.1) is 6.61 Å². The summed E-state index contributed by atoms with van der Waals surface area (Å²) in [6.07, 6.45) is -0.752. The number of hydrogen-bond acceptors (Lipinski definition) is 4. The molecule has 0 fully saturated rings. The summed E-state index contributed by atoms with van der Waals surface area (Å²) >= 11 is 0. The molecule has 0 radical (unpaired) electrons. The summed E-state index contributed by atoms with van der Waals surface area (Å²) in [5.41, 5.74) is 1.94. The molecule has 0 bridgehead atoms. The Morgan fingerprint density at radius 1 is 1.23 bits per heavy atom. The van der Waals surface area contributed by atoms with E-state index in [2.05, 4.69) is 32.5 Å². The van der Waals surface area contributed by atoms with Crippen molar-refractivity contribution in [3.8, 4) is 11.6 Å². The van der Waals surface area contributed by atoms with Gasteiger partial charge in [0.2, 0.25) is 5.88 Å². The number of halogens is 3. The molecule has 1 aromatic heterocycles. The van der Waals surface area contributed by atoms with Crippen molar-refractivity contribution >= 4 is 6.03 Å². The Kier molecular flexibility index (Phi) is 11.1. The highest BCUT2D eigenvalue weighted by Crippen LogP contribution is 2.23. The highest BCUT2D eigenvalue weighted by Gasteiger charge is 2.28. The van der Waals surface area contributed by atoms with Gasteiger partial charge in [0.25, 0.3) is 0 Å². The quantitative estimate of drug-likeness (QED) is 0.754. The van der Waals surface area contributed by atoms with E-state index < -0.39 is 12.8 Å². The van der Waals surface area contributed by atoms with E-state index in [0.717, 1.165) is 18.8 Å². The molecule has 2 heterocycles. The molecule has 0 saturated heterocycles. The number of carbonyl (C=O) groups is 1. The first-order valence-electron chi connectivity index (χ1n) is 9.68. The Balaban J connectivity index is 0.000000313. The molecule has 9 heteroatoms. The second-order valence-corrected chi connectivity index (χ2v) is 5.90. The van der Waals surface area contributed by atoms with Crippen LogP contribution in [0.25, 0.3) is 0 Å². The molecule has 2 N–H and O–H groups in total. The topological polar surface area (TPSA) is 72.5 Å². The number of nitrogens with zero attached hydrogens (tertiary/aromatic N) is 1. The molecule has 0 aliphatic carbocycles. The van der Waals surface area contributed by atoms with Gasteiger partial charge < -0.3 is 20.1 Å². The third-order valence-corrected chi connectivity index (χ3v) is 3.68. The minimum Gasteiger partial charge on any atom is -0.493 e. The fourth-order valence-corrected chi connectivity index (χ4v) is 2.36. The average Bonchev–Trinajstić information content (AvgIpc) is 2.78. The van der Waals surface area contributed by atoms with Crippen LogP contribution in [0.1, 0.15) is 31.4 Å². The first kappa shape index (κ1) is 25.1. The number of nitrogens with one attached hydrogen (secondary N) is 2. The van der Waals surface area contributed by atoms with E-state index in [1.54, 1.807) is 6.07 Å². The normalized spacial score (nSPS) is 11.9. The number of amides is 2. The van der Waals surface area contributed by atoms with Crippen LogP contribution in [0.3, 0.4) is 0 Å². The molecular weight excluding hydrogens is 399 g/mol. The number of carbonyl (C=O) groups excluding carboxylic acids is 1. The number of alkyl halides is 3. The molecule has 0 saturated carbocycles. The zero-order valence-corrected chi connectivity index (χ0v) is 17.4. The summed E-state index contributed by atoms with van der Waals surface area (Å²) < 4.78 is 45.7. The van der Waals surface area contributed by atoms with Gasteiger partial charge in [-0.3, -0.25) is 0 Å². The number of aromatic nitrogens is 1. The Bertz CT molecular complexity index is 745. The number of urea groups is 1. The number of pyridine rings is 1. The summed E-state index contributed by atoms with van der Waals surface area (Å²) in [4.78, 5) is 14.5. The maximum absolute atomic E-state index is 11.9. The molecule has 0 spiro atoms. The number of ether oxygens (including phenoxy) is 2. The Morgan fingerprint density at radius 2 is 1.97 bits per heavy atom. The number of fused-ring (bicyclic) bond motifs is 1. The highest BCUT2D eigenvalue weighted by molar-refractivity contribution is 5.73. The van der Waals surface area contributed by atoms with Crippen LogP contribution in [0.15, 0.2) is 42.6 Å². The zero-order chi connectivity index (χ0) is 22.4. The van der Waals surface area contributed by atoms with Gasteiger partial charge in [-0.25, -0.2) is 9.78 Å². The van der Waals surface area contributed by atoms with Crippen LogP contribution in [-0.2, 0) is 13.0 Å². The maximum Gasteiger partial charge on any atom is 0.422 e. The Labute approximate surface area is 174 Å². The lowest BCUT2D eigenvalue weighted by Gasteiger charge is -2.15. The van der Waals surface area contributed by atoms with Crippen LogP contribution in [0, 0.1) is 0 Å². The van der Waals surface area contributed by atoms with E-state index >= 15 is 0 Å². The summed E-state index contributed by atoms with van der Waals surface area (Å²) in [5, 5.41) is 4.84. The van der Waals surface area contributed by atoms with E-state index in [1.807, 2.05) is 26.0 Å². The van der Waals surface area contributed by atoms with Gasteiger partial charge in [0, 0.05) is 25.9 Å². The fraction of sp³-hybridized carbons (Fsp3) is 0.429. The predicted molar refractivity (Wildman–Crippen MR) is 109 cm³/mol. The van der Waals surface area contributed by atoms with Crippen molar-refractivity contribution in [2.24, 2.45) is 0 Å². The SMILES string of the molecule is CC.CNC(=O)NCc1ccnc(OCC(F)(F)F)c1.c1ccc2c(c1)CCCO2. The molecular formula is C21H28F3N3O3. The standard InChI is InChI=1S/C10H12F3N3O2.C9H10O.C2H6/c1-14-9(17)16-5-7-2-3-15-8(4-7)18-6-10(11,12)13;1-2-6-9-8(4-1)5-3-7-10-9;1-2/h2-4H,5-6H2,1H3,(H2,14,16,17);1-2,4,6H,3,5,7H2;1-2H3. The molecule has 0 unspecified atom stereocenters. The smallest absolute Gasteiger partial charge is 0.422 e. The maximum atomic E-state index is 11.9. The molecule has 2 amide bonds. The van der Waals surface area contributed by atoms with Crippen molar-refractivity contribution in [2.75, 3.05) is 20.3 Å². The minimum atomic E-state index is -4.40. The largest absolute Gasteiger partial charge is 0.493 e. The third kappa shape index (κ3) is 9.99. The zero-order valence-electron chi connectivity index (χ0n) is 17.4. The van der Waals surface area contributed by atoms with Crippen molar-refractivity contribution in [3.63, 3.8) is 0 Å². The van der Waals surface area contributed by atoms with Gasteiger partial charge in [0.1, 0.15) is 5.75 Å². The number of benzene rings is 1. The number of para-hydroxylation sites is 1. The van der Waals surface area contributed by atoms with Crippen molar-refractivity contribution in [2.45, 2.75) is 39.4 Å². The van der Waals surface area contributed by atoms with E-state index in [-0.39, 0.29) is 18.5 Å². The van der Waals surface area contributed by atoms with Crippen molar-refractivity contribution in [3.05, 3.63) is 53.7 Å². The van der Waals surface area contributed by atoms with E-state index in [0.29, 0.717) is 5.56 Å². The van der Waals surface area contributed by atoms with Gasteiger partial charge in [-0.1, -0.05) is 32.0 Å². The Hall–Kier alpha value is -2.97. The molecule has 0 atom stereocenters. The van der Waals surface area contributed by atoms with E-state index in [4.69, 9.17) is 4.74 Å². The molecule has 1 aromatic carbocycles. The summed E-state index contributed by atoms with van der Waals surface area (Å²) in [5.74, 6) is 0.942. The third-order valence-electron chi connectivity index (χ3n) is 3.68. The van der Waals surface area contributed by atoms with Crippen LogP contribution < -0.4 is 20.1 Å². The van der Waals surface area contributed by atoms with E-state index in [9.17, 15) is 18.0 Å². The lowest BCUT2D eigenvalue weighted by atomic mass is 10.1. The lowest BCUT2D eigenvalue weighted by Crippen LogP contribution is -2.32. The van der Waals surface area contributed by atoms with Gasteiger partial charge in [0.15, 0.2) is 6.61 Å². The van der Waals surface area contributed by atoms with Gasteiger partial charge in [-0.15, -0.1) is 0 Å². The number of hydrogen-bond donors (Lipinski definition) is 2. The minimum absolute atomic E-state index is 0.136. The van der Waals surface area contributed by atoms with Gasteiger partial charge in [-0.2, -0.15) is 13.2 Å². The average molecular weight is 427 g/mol. The second-order valence-electron chi connectivity index (χ2n) is 5.90. The monoisotopic (exact) mass is 427 g/mol. The van der Waals surface area contributed by atoms with Crippen LogP contribution in [-0.4, -0.2) is 37.5 Å². The molecule has 30 heavy (non-hydrogen) atoms. The van der Waals surface area contributed by atoms with Gasteiger partial charge in [-0.05, 0) is 36.1 Å². The van der Waals surface area contributed by atoms with E-state index in [1.165, 1.54) is 31.3 Å². The molecule has 1 aliphatic heterocycles. The summed E-state index contributed by atoms with van der Waals surface area (Å²) in [6.45, 7) is 3.66. The summed E-state index contributed by atoms with van der Waals surface area (Å²) in [6, 6.07) is 10.8. The Morgan fingerprint density at radius 3 is 2.63 bits per heavy atom. The second kappa shape index (κ2) is 13.3. The van der Waals surface area contributed by atoms with Crippen molar-refractivity contribution in [1.82, 2.24) is 15.6 Å². The molecule has 6 nitrogen and oxygen atoms in total. The molecule has 3 rings (SSSR count). The first-order valence-corrected chi connectivity index (χ1v) is 9.68. The molecule has 166 valence electrons. The lowest BCUT2D eigenvalue weighted by molar-refractivity contribution is -0.154. The van der Waals surface area contributed by atoms with Crippen molar-refractivity contribution < 1.29 is 27.4 Å². The van der Waals surface area contributed by atoms with Crippen LogP contribution >= 0.6 is 0 Å². The molecule has 1 aliphatic rings. The van der Waals surface area contributed by atoms with Crippen LogP contribution in [0.4, 0.5) is 18.0 Å². The highest BCUT2D eigenvalue weighted by atomic mass is 19.4. The fourth-order valence-electron chi connectivity index (χ4n) is 2.36. The van der Waals surface area contributed by atoms with Crippen LogP contribution in [0.2, 0.25) is 0 Å². The predicted octanol–water partition coefficient (Wildman–Crippen LogP) is 4.49. The molecule has 2 aromatic rings. The van der Waals surface area contributed by atoms with Crippen molar-refractivity contribution in [1.29, 1.82) is 0 Å². The van der Waals surface area contributed by atoms with Crippen LogP contribution in [0.5, 0.6) is 11.6 Å². The number of rotatable bonds is 4. The summed E-state index contributed by atoms with van der Waals surface area (Å²) in [7, 11) is 1.46. The number of aryl methyl sites for hydroxylation is 1. The first-order chi connectivity index (χ1) is 14.4.